The summed E-state index contributed by atoms with van der Waals surface area (Å²) in [5.41, 5.74) is 1.94. The Morgan fingerprint density at radius 1 is 1.69 bits per heavy atom. The number of nitrogens with one attached hydrogen (secondary N) is 1. The van der Waals surface area contributed by atoms with Crippen LogP contribution in [0.3, 0.4) is 0 Å². The van der Waals surface area contributed by atoms with Gasteiger partial charge in [0.1, 0.15) is 0 Å². The van der Waals surface area contributed by atoms with Crippen LogP contribution in [-0.4, -0.2) is 22.6 Å². The Balaban J connectivity index is 2.59. The molecule has 0 unspecified atom stereocenters. The highest BCUT2D eigenvalue weighted by Gasteiger charge is 2.10. The van der Waals surface area contributed by atoms with E-state index in [4.69, 9.17) is 5.26 Å². The van der Waals surface area contributed by atoms with Crippen LogP contribution in [0.5, 0.6) is 0 Å². The molecule has 1 N–H and O–H groups in total. The Morgan fingerprint density at radius 2 is 2.50 bits per heavy atom. The Bertz CT molecular complexity index is 579. The minimum Gasteiger partial charge on any atom is -0.355 e. The van der Waals surface area contributed by atoms with E-state index in [-0.39, 0.29) is 12.3 Å². The molecule has 2 heterocycles. The topological polar surface area (TPSA) is 70.2 Å². The minimum absolute atomic E-state index is 0.158. The van der Waals surface area contributed by atoms with Gasteiger partial charge < -0.3 is 5.32 Å². The third-order valence-electron chi connectivity index (χ3n) is 2.28. The van der Waals surface area contributed by atoms with Gasteiger partial charge in [0.2, 0.25) is 0 Å². The average Bonchev–Trinajstić information content (AvgIpc) is 2.70. The second-order valence-electron chi connectivity index (χ2n) is 3.30. The Labute approximate surface area is 92.3 Å². The van der Waals surface area contributed by atoms with Crippen LogP contribution >= 0.6 is 0 Å². The third kappa shape index (κ3) is 1.61. The fourth-order valence-corrected chi connectivity index (χ4v) is 1.56. The largest absolute Gasteiger partial charge is 0.355 e. The molecule has 2 rings (SSSR count). The molecule has 0 atom stereocenters. The number of hydrogen-bond acceptors (Lipinski definition) is 3. The summed E-state index contributed by atoms with van der Waals surface area (Å²) in [5, 5.41) is 15.4. The summed E-state index contributed by atoms with van der Waals surface area (Å²) >= 11 is 0. The molecular weight excluding hydrogens is 204 g/mol. The number of hydrogen-bond donors (Lipinski definition) is 1. The summed E-state index contributed by atoms with van der Waals surface area (Å²) < 4.78 is 1.61. The van der Waals surface area contributed by atoms with Crippen LogP contribution in [0.15, 0.2) is 24.4 Å². The van der Waals surface area contributed by atoms with E-state index in [0.717, 1.165) is 0 Å². The van der Waals surface area contributed by atoms with Crippen molar-refractivity contribution in [2.45, 2.75) is 6.42 Å². The van der Waals surface area contributed by atoms with Gasteiger partial charge in [0.05, 0.1) is 29.3 Å². The van der Waals surface area contributed by atoms with Crippen molar-refractivity contribution >= 4 is 11.4 Å². The second-order valence-corrected chi connectivity index (χ2v) is 3.30. The van der Waals surface area contributed by atoms with Gasteiger partial charge in [-0.25, -0.2) is 4.52 Å². The van der Waals surface area contributed by atoms with Gasteiger partial charge in [0.25, 0.3) is 5.91 Å². The number of aromatic nitrogens is 2. The van der Waals surface area contributed by atoms with Gasteiger partial charge in [0, 0.05) is 13.2 Å². The molecule has 0 aliphatic carbocycles. The highest BCUT2D eigenvalue weighted by molar-refractivity contribution is 6.00. The molecule has 5 nitrogen and oxygen atoms in total. The number of nitriles is 1. The first-order valence-electron chi connectivity index (χ1n) is 4.82. The summed E-state index contributed by atoms with van der Waals surface area (Å²) in [7, 11) is 1.58. The number of fused-ring (bicyclic) bond motifs is 1. The first-order chi connectivity index (χ1) is 7.76. The Kier molecular flexibility index (Phi) is 2.56. The molecule has 0 spiro atoms. The van der Waals surface area contributed by atoms with Gasteiger partial charge >= 0.3 is 0 Å². The number of rotatable bonds is 2. The van der Waals surface area contributed by atoms with E-state index in [9.17, 15) is 4.79 Å². The van der Waals surface area contributed by atoms with E-state index < -0.39 is 0 Å². The summed E-state index contributed by atoms with van der Waals surface area (Å²) in [5.74, 6) is -0.158. The van der Waals surface area contributed by atoms with Gasteiger partial charge in [-0.3, -0.25) is 4.79 Å². The van der Waals surface area contributed by atoms with Crippen molar-refractivity contribution in [3.8, 4) is 6.07 Å². The molecule has 2 aromatic rings. The standard InChI is InChI=1S/C11H10N4O/c1-13-11(16)9-3-2-6-15-10(9)7-8(14-15)4-5-12/h2-3,6-7H,4H2,1H3,(H,13,16). The molecule has 0 saturated heterocycles. The molecule has 0 aliphatic rings. The van der Waals surface area contributed by atoms with Gasteiger partial charge in [-0.2, -0.15) is 10.4 Å². The quantitative estimate of drug-likeness (QED) is 0.802. The maximum absolute atomic E-state index is 11.6. The van der Waals surface area contributed by atoms with Crippen molar-refractivity contribution in [3.05, 3.63) is 35.7 Å². The van der Waals surface area contributed by atoms with E-state index >= 15 is 0 Å². The molecule has 0 fully saturated rings. The van der Waals surface area contributed by atoms with Crippen LogP contribution in [0, 0.1) is 11.3 Å². The van der Waals surface area contributed by atoms with Crippen LogP contribution in [0.25, 0.3) is 5.52 Å². The molecular formula is C11H10N4O. The molecule has 5 heteroatoms. The average molecular weight is 214 g/mol. The molecule has 0 bridgehead atoms. The zero-order chi connectivity index (χ0) is 11.5. The molecule has 1 amide bonds. The molecule has 0 radical (unpaired) electrons. The van der Waals surface area contributed by atoms with Crippen molar-refractivity contribution in [3.63, 3.8) is 0 Å². The van der Waals surface area contributed by atoms with Crippen molar-refractivity contribution < 1.29 is 4.79 Å². The third-order valence-corrected chi connectivity index (χ3v) is 2.28. The van der Waals surface area contributed by atoms with Crippen LogP contribution in [0.1, 0.15) is 16.1 Å². The predicted octanol–water partition coefficient (Wildman–Crippen LogP) is 0.760. The summed E-state index contributed by atoms with van der Waals surface area (Å²) in [6, 6.07) is 7.27. The highest BCUT2D eigenvalue weighted by atomic mass is 16.1. The monoisotopic (exact) mass is 214 g/mol. The first kappa shape index (κ1) is 10.2. The Hall–Kier alpha value is -2.35. The SMILES string of the molecule is CNC(=O)c1cccn2nc(CC#N)cc12. The smallest absolute Gasteiger partial charge is 0.253 e. The normalized spacial score (nSPS) is 10.0. The number of carbonyl (C=O) groups is 1. The van der Waals surface area contributed by atoms with Gasteiger partial charge in [-0.1, -0.05) is 0 Å². The summed E-state index contributed by atoms with van der Waals surface area (Å²) in [4.78, 5) is 11.6. The van der Waals surface area contributed by atoms with Crippen molar-refractivity contribution in [2.24, 2.45) is 0 Å². The lowest BCUT2D eigenvalue weighted by Crippen LogP contribution is -2.18. The van der Waals surface area contributed by atoms with Crippen molar-refractivity contribution in [1.82, 2.24) is 14.9 Å². The fraction of sp³-hybridized carbons (Fsp3) is 0.182. The fourth-order valence-electron chi connectivity index (χ4n) is 1.56. The van der Waals surface area contributed by atoms with Crippen LogP contribution in [0.2, 0.25) is 0 Å². The Morgan fingerprint density at radius 3 is 3.19 bits per heavy atom. The molecule has 0 saturated carbocycles. The molecule has 0 aliphatic heterocycles. The predicted molar refractivity (Wildman–Crippen MR) is 57.9 cm³/mol. The van der Waals surface area contributed by atoms with E-state index in [1.807, 2.05) is 6.07 Å². The van der Waals surface area contributed by atoms with E-state index in [0.29, 0.717) is 16.8 Å². The van der Waals surface area contributed by atoms with Crippen molar-refractivity contribution in [2.75, 3.05) is 7.05 Å². The number of nitrogens with zero attached hydrogens (tertiary/aromatic N) is 3. The molecule has 2 aromatic heterocycles. The lowest BCUT2D eigenvalue weighted by atomic mass is 10.2. The summed E-state index contributed by atoms with van der Waals surface area (Å²) in [6.07, 6.45) is 2.00. The maximum Gasteiger partial charge on any atom is 0.253 e. The maximum atomic E-state index is 11.6. The van der Waals surface area contributed by atoms with E-state index in [1.165, 1.54) is 0 Å². The van der Waals surface area contributed by atoms with Crippen molar-refractivity contribution in [1.29, 1.82) is 5.26 Å². The number of amides is 1. The highest BCUT2D eigenvalue weighted by Crippen LogP contribution is 2.12. The summed E-state index contributed by atoms with van der Waals surface area (Å²) in [6.45, 7) is 0. The minimum atomic E-state index is -0.158. The van der Waals surface area contributed by atoms with Gasteiger partial charge in [-0.15, -0.1) is 0 Å². The molecule has 80 valence electrons. The molecule has 0 aromatic carbocycles. The lowest BCUT2D eigenvalue weighted by molar-refractivity contribution is 0.0964. The molecule has 16 heavy (non-hydrogen) atoms. The van der Waals surface area contributed by atoms with Gasteiger partial charge in [-0.05, 0) is 18.2 Å². The number of carbonyl (C=O) groups excluding carboxylic acids is 1. The first-order valence-corrected chi connectivity index (χ1v) is 4.82. The van der Waals surface area contributed by atoms with Crippen LogP contribution in [0.4, 0.5) is 0 Å². The van der Waals surface area contributed by atoms with E-state index in [1.54, 1.807) is 36.0 Å². The van der Waals surface area contributed by atoms with Crippen LogP contribution in [-0.2, 0) is 6.42 Å². The van der Waals surface area contributed by atoms with Gasteiger partial charge in [0.15, 0.2) is 0 Å². The van der Waals surface area contributed by atoms with E-state index in [2.05, 4.69) is 10.4 Å². The second kappa shape index (κ2) is 4.03. The van der Waals surface area contributed by atoms with Crippen LogP contribution < -0.4 is 5.32 Å². The zero-order valence-electron chi connectivity index (χ0n) is 8.77. The zero-order valence-corrected chi connectivity index (χ0v) is 8.77. The lowest BCUT2D eigenvalue weighted by Gasteiger charge is -2.00. The number of pyridine rings is 1.